The molecule has 0 bridgehead atoms. The van der Waals surface area contributed by atoms with Crippen LogP contribution in [0.25, 0.3) is 0 Å². The summed E-state index contributed by atoms with van der Waals surface area (Å²) in [6.45, 7) is 10.8. The van der Waals surface area contributed by atoms with E-state index in [1.807, 2.05) is 19.1 Å². The van der Waals surface area contributed by atoms with Crippen molar-refractivity contribution in [3.63, 3.8) is 0 Å². The van der Waals surface area contributed by atoms with Crippen LogP contribution in [0, 0.1) is 11.8 Å². The van der Waals surface area contributed by atoms with Crippen molar-refractivity contribution >= 4 is 25.0 Å². The Bertz CT molecular complexity index is 670. The van der Waals surface area contributed by atoms with E-state index in [9.17, 15) is 9.90 Å². The molecule has 0 unspecified atom stereocenters. The van der Waals surface area contributed by atoms with Crippen LogP contribution in [0.4, 0.5) is 0 Å². The monoisotopic (exact) mass is 384 g/mol. The fourth-order valence-electron chi connectivity index (χ4n) is 3.72. The molecule has 0 heterocycles. The van der Waals surface area contributed by atoms with Gasteiger partial charge in [-0.25, -0.2) is 0 Å². The summed E-state index contributed by atoms with van der Waals surface area (Å²) in [5, 5.41) is 12.8. The molecule has 3 atom stereocenters. The third-order valence-electron chi connectivity index (χ3n) is 5.32. The van der Waals surface area contributed by atoms with Crippen molar-refractivity contribution in [1.29, 1.82) is 0 Å². The zero-order valence-corrected chi connectivity index (χ0v) is 18.1. The van der Waals surface area contributed by atoms with E-state index in [-0.39, 0.29) is 11.0 Å². The minimum absolute atomic E-state index is 0.101. The van der Waals surface area contributed by atoms with E-state index in [1.165, 1.54) is 10.4 Å². The third-order valence-corrected chi connectivity index (χ3v) is 10.3. The molecule has 0 spiro atoms. The van der Waals surface area contributed by atoms with Gasteiger partial charge in [0.25, 0.3) is 8.32 Å². The summed E-state index contributed by atoms with van der Waals surface area (Å²) in [5.41, 5.74) is 0. The van der Waals surface area contributed by atoms with Gasteiger partial charge in [0.2, 0.25) is 0 Å². The van der Waals surface area contributed by atoms with E-state index in [1.54, 1.807) is 6.92 Å². The maximum absolute atomic E-state index is 11.1. The Morgan fingerprint density at radius 2 is 1.41 bits per heavy atom. The Balaban J connectivity index is 2.48. The van der Waals surface area contributed by atoms with E-state index in [0.717, 1.165) is 6.29 Å². The van der Waals surface area contributed by atoms with Crippen LogP contribution in [0.5, 0.6) is 0 Å². The number of hydrogen-bond donors (Lipinski definition) is 1. The Kier molecular flexibility index (Phi) is 7.15. The van der Waals surface area contributed by atoms with Crippen molar-refractivity contribution in [2.45, 2.75) is 45.8 Å². The average Bonchev–Trinajstić information content (AvgIpc) is 2.67. The molecule has 0 aliphatic carbocycles. The molecule has 0 aliphatic heterocycles. The smallest absolute Gasteiger partial charge is 0.261 e. The lowest BCUT2D eigenvalue weighted by molar-refractivity contribution is -0.114. The highest BCUT2D eigenvalue weighted by atomic mass is 28.4. The second-order valence-electron chi connectivity index (χ2n) is 8.44. The van der Waals surface area contributed by atoms with Crippen molar-refractivity contribution < 1.29 is 14.3 Å². The van der Waals surface area contributed by atoms with E-state index < -0.39 is 20.3 Å². The van der Waals surface area contributed by atoms with Gasteiger partial charge in [0.1, 0.15) is 6.29 Å². The molecule has 0 saturated heterocycles. The van der Waals surface area contributed by atoms with Gasteiger partial charge in [0.15, 0.2) is 0 Å². The second-order valence-corrected chi connectivity index (χ2v) is 12.7. The summed E-state index contributed by atoms with van der Waals surface area (Å²) in [5.74, 6) is -0.533. The quantitative estimate of drug-likeness (QED) is 0.560. The predicted molar refractivity (Wildman–Crippen MR) is 114 cm³/mol. The van der Waals surface area contributed by atoms with Crippen molar-refractivity contribution in [2.24, 2.45) is 11.8 Å². The van der Waals surface area contributed by atoms with Crippen LogP contribution in [0.2, 0.25) is 5.04 Å². The maximum Gasteiger partial charge on any atom is 0.261 e. The minimum atomic E-state index is -2.60. The zero-order chi connectivity index (χ0) is 20.1. The number of aliphatic hydroxyl groups excluding tert-OH is 1. The van der Waals surface area contributed by atoms with Gasteiger partial charge in [0.05, 0.1) is 6.10 Å². The number of carbonyl (C=O) groups excluding carboxylic acids is 1. The molecule has 0 aliphatic rings. The van der Waals surface area contributed by atoms with Gasteiger partial charge in [-0.2, -0.15) is 0 Å². The van der Waals surface area contributed by atoms with Gasteiger partial charge < -0.3 is 14.3 Å². The second kappa shape index (κ2) is 8.96. The maximum atomic E-state index is 11.1. The normalized spacial score (nSPS) is 15.8. The largest absolute Gasteiger partial charge is 0.407 e. The van der Waals surface area contributed by atoms with Crippen LogP contribution in [0.1, 0.15) is 34.6 Å². The first-order valence-electron chi connectivity index (χ1n) is 9.62. The zero-order valence-electron chi connectivity index (χ0n) is 17.1. The molecule has 146 valence electrons. The fraction of sp³-hybridized carbons (Fsp3) is 0.435. The van der Waals surface area contributed by atoms with E-state index in [0.29, 0.717) is 6.61 Å². The highest BCUT2D eigenvalue weighted by Crippen LogP contribution is 2.37. The van der Waals surface area contributed by atoms with Gasteiger partial charge in [0, 0.05) is 18.4 Å². The summed E-state index contributed by atoms with van der Waals surface area (Å²) in [4.78, 5) is 11.1. The van der Waals surface area contributed by atoms with Gasteiger partial charge in [-0.05, 0) is 15.4 Å². The van der Waals surface area contributed by atoms with E-state index in [2.05, 4.69) is 69.3 Å². The molecular weight excluding hydrogens is 352 g/mol. The lowest BCUT2D eigenvalue weighted by Crippen LogP contribution is -2.67. The number of rotatable bonds is 8. The van der Waals surface area contributed by atoms with E-state index in [4.69, 9.17) is 4.43 Å². The molecule has 0 radical (unpaired) electrons. The van der Waals surface area contributed by atoms with Crippen LogP contribution in [0.15, 0.2) is 60.7 Å². The lowest BCUT2D eigenvalue weighted by Gasteiger charge is -2.44. The minimum Gasteiger partial charge on any atom is -0.407 e. The molecular formula is C23H32O3Si. The standard InChI is InChI=1S/C23H32O3Si/c1-18(16-24)22(25)19(2)17-26-27(23(3,4)5,20-12-8-6-9-13-20)21-14-10-7-11-15-21/h6-16,18-19,22,25H,17H2,1-5H3/t18-,19+,22-/m0/s1. The first-order valence-corrected chi connectivity index (χ1v) is 11.5. The first-order chi connectivity index (χ1) is 12.7. The average molecular weight is 385 g/mol. The van der Waals surface area contributed by atoms with Crippen molar-refractivity contribution in [3.05, 3.63) is 60.7 Å². The summed E-state index contributed by atoms with van der Waals surface area (Å²) >= 11 is 0. The topological polar surface area (TPSA) is 46.5 Å². The molecule has 0 fully saturated rings. The Morgan fingerprint density at radius 3 is 1.78 bits per heavy atom. The number of carbonyl (C=O) groups is 1. The Morgan fingerprint density at radius 1 is 0.963 bits per heavy atom. The van der Waals surface area contributed by atoms with Crippen molar-refractivity contribution in [1.82, 2.24) is 0 Å². The summed E-state index contributed by atoms with van der Waals surface area (Å²) < 4.78 is 6.81. The third kappa shape index (κ3) is 4.57. The first kappa shape index (κ1) is 21.5. The number of aliphatic hydroxyl groups is 1. The molecule has 0 saturated carbocycles. The van der Waals surface area contributed by atoms with Crippen LogP contribution < -0.4 is 10.4 Å². The van der Waals surface area contributed by atoms with Crippen molar-refractivity contribution in [2.75, 3.05) is 6.61 Å². The highest BCUT2D eigenvalue weighted by Gasteiger charge is 2.50. The number of aldehydes is 1. The van der Waals surface area contributed by atoms with Gasteiger partial charge in [-0.3, -0.25) is 0 Å². The molecule has 2 aromatic carbocycles. The lowest BCUT2D eigenvalue weighted by atomic mass is 9.95. The van der Waals surface area contributed by atoms with Crippen LogP contribution in [0.3, 0.4) is 0 Å². The molecule has 0 aromatic heterocycles. The fourth-order valence-corrected chi connectivity index (χ4v) is 8.38. The van der Waals surface area contributed by atoms with Gasteiger partial charge in [-0.15, -0.1) is 0 Å². The highest BCUT2D eigenvalue weighted by molar-refractivity contribution is 6.99. The van der Waals surface area contributed by atoms with Crippen LogP contribution >= 0.6 is 0 Å². The summed E-state index contributed by atoms with van der Waals surface area (Å²) in [6, 6.07) is 20.9. The molecule has 2 aromatic rings. The molecule has 2 rings (SSSR count). The SMILES string of the molecule is C[C@H](CO[Si](c1ccccc1)(c1ccccc1)C(C)(C)C)[C@@H](O)[C@@H](C)C=O. The van der Waals surface area contributed by atoms with Gasteiger partial charge >= 0.3 is 0 Å². The van der Waals surface area contributed by atoms with Crippen LogP contribution in [-0.2, 0) is 9.22 Å². The van der Waals surface area contributed by atoms with E-state index >= 15 is 0 Å². The molecule has 3 nitrogen and oxygen atoms in total. The summed E-state index contributed by atoms with van der Waals surface area (Å²) in [6.07, 6.45) is 0.102. The predicted octanol–water partition coefficient (Wildman–Crippen LogP) is 3.40. The molecule has 4 heteroatoms. The van der Waals surface area contributed by atoms with Gasteiger partial charge in [-0.1, -0.05) is 95.3 Å². The van der Waals surface area contributed by atoms with Crippen LogP contribution in [-0.4, -0.2) is 32.4 Å². The number of benzene rings is 2. The molecule has 0 amide bonds. The number of hydrogen-bond acceptors (Lipinski definition) is 3. The summed E-state index contributed by atoms with van der Waals surface area (Å²) in [7, 11) is -2.60. The molecule has 1 N–H and O–H groups in total. The van der Waals surface area contributed by atoms with Crippen molar-refractivity contribution in [3.8, 4) is 0 Å². The Hall–Kier alpha value is -1.75. The molecule has 27 heavy (non-hydrogen) atoms. The Labute approximate surface area is 164 Å².